The van der Waals surface area contributed by atoms with Crippen molar-refractivity contribution in [2.45, 2.75) is 12.8 Å². The van der Waals surface area contributed by atoms with E-state index in [1.165, 1.54) is 11.8 Å². The summed E-state index contributed by atoms with van der Waals surface area (Å²) >= 11 is 6.21. The Morgan fingerprint density at radius 1 is 1.60 bits per heavy atom. The Morgan fingerprint density at radius 3 is 2.80 bits per heavy atom. The average molecular weight is 182 g/mol. The zero-order valence-electron chi connectivity index (χ0n) is 5.93. The molecule has 1 nitrogen and oxygen atoms in total. The summed E-state index contributed by atoms with van der Waals surface area (Å²) in [6.45, 7) is -0.236. The fourth-order valence-corrected chi connectivity index (χ4v) is 1.29. The normalized spacial score (nSPS) is 9.40. The van der Waals surface area contributed by atoms with Gasteiger partial charge < -0.3 is 4.74 Å². The second-order valence-corrected chi connectivity index (χ2v) is 3.40. The number of ether oxygens (including phenoxy) is 1. The van der Waals surface area contributed by atoms with E-state index in [0.717, 1.165) is 12.2 Å². The van der Waals surface area contributed by atoms with Gasteiger partial charge >= 0.3 is 0 Å². The smallest absolute Gasteiger partial charge is 0.219 e. The number of alkyl halides is 1. The molecule has 0 saturated carbocycles. The van der Waals surface area contributed by atoms with Crippen LogP contribution in [0, 0.1) is 0 Å². The van der Waals surface area contributed by atoms with Crippen LogP contribution in [0.5, 0.6) is 0 Å². The van der Waals surface area contributed by atoms with Gasteiger partial charge in [0, 0.05) is 5.75 Å². The molecule has 0 aliphatic heterocycles. The lowest BCUT2D eigenvalue weighted by atomic mass is 10.4. The topological polar surface area (TPSA) is 9.23 Å². The first kappa shape index (κ1) is 10.2. The second kappa shape index (κ2) is 7.28. The molecule has 0 spiro atoms. The molecule has 10 heavy (non-hydrogen) atoms. The van der Waals surface area contributed by atoms with Crippen LogP contribution < -0.4 is 0 Å². The van der Waals surface area contributed by atoms with Gasteiger partial charge in [-0.3, -0.25) is 4.39 Å². The maximum absolute atomic E-state index is 11.5. The maximum atomic E-state index is 11.5. The minimum atomic E-state index is -0.236. The molecule has 0 aliphatic rings. The zero-order chi connectivity index (χ0) is 7.82. The molecule has 0 atom stereocenters. The molecule has 0 radical (unpaired) electrons. The van der Waals surface area contributed by atoms with Crippen molar-refractivity contribution in [2.24, 2.45) is 0 Å². The van der Waals surface area contributed by atoms with E-state index in [0.29, 0.717) is 10.8 Å². The van der Waals surface area contributed by atoms with E-state index in [1.807, 2.05) is 0 Å². The first-order valence-electron chi connectivity index (χ1n) is 3.08. The van der Waals surface area contributed by atoms with Crippen LogP contribution in [-0.2, 0) is 4.74 Å². The van der Waals surface area contributed by atoms with Crippen molar-refractivity contribution in [1.82, 2.24) is 0 Å². The van der Waals surface area contributed by atoms with Crippen molar-refractivity contribution in [3.63, 3.8) is 0 Å². The third-order valence-corrected chi connectivity index (χ3v) is 2.33. The summed E-state index contributed by atoms with van der Waals surface area (Å²) in [4.78, 5) is 0. The highest BCUT2D eigenvalue weighted by molar-refractivity contribution is 8.22. The lowest BCUT2D eigenvalue weighted by Crippen LogP contribution is -1.92. The number of thioether (sulfide) groups is 1. The fraction of sp³-hybridized carbons (Fsp3) is 0.833. The van der Waals surface area contributed by atoms with E-state index >= 15 is 0 Å². The second-order valence-electron chi connectivity index (χ2n) is 1.70. The SMILES string of the molecule is COC(=S)SCCCCF. The molecule has 0 bridgehead atoms. The van der Waals surface area contributed by atoms with Gasteiger partial charge in [-0.25, -0.2) is 0 Å². The molecule has 0 amide bonds. The van der Waals surface area contributed by atoms with Crippen LogP contribution in [0.2, 0.25) is 0 Å². The molecule has 0 aliphatic carbocycles. The summed E-state index contributed by atoms with van der Waals surface area (Å²) in [6.07, 6.45) is 1.49. The largest absolute Gasteiger partial charge is 0.482 e. The molecule has 0 N–H and O–H groups in total. The Kier molecular flexibility index (Phi) is 7.40. The molecule has 0 fully saturated rings. The van der Waals surface area contributed by atoms with Crippen LogP contribution in [0.4, 0.5) is 4.39 Å². The van der Waals surface area contributed by atoms with Gasteiger partial charge in [-0.2, -0.15) is 0 Å². The number of thiocarbonyl (C=S) groups is 1. The van der Waals surface area contributed by atoms with Crippen LogP contribution in [-0.4, -0.2) is 23.9 Å². The monoisotopic (exact) mass is 182 g/mol. The van der Waals surface area contributed by atoms with E-state index in [1.54, 1.807) is 7.11 Å². The predicted molar refractivity (Wildman–Crippen MR) is 47.3 cm³/mol. The average Bonchev–Trinajstić information content (AvgIpc) is 1.98. The molecule has 0 rings (SSSR count). The van der Waals surface area contributed by atoms with Crippen molar-refractivity contribution in [3.8, 4) is 0 Å². The summed E-state index contributed by atoms with van der Waals surface area (Å²) in [6, 6.07) is 0. The minimum Gasteiger partial charge on any atom is -0.482 e. The van der Waals surface area contributed by atoms with Crippen molar-refractivity contribution >= 4 is 28.4 Å². The first-order valence-corrected chi connectivity index (χ1v) is 4.47. The lowest BCUT2D eigenvalue weighted by molar-refractivity contribution is 0.426. The number of halogens is 1. The number of hydrogen-bond acceptors (Lipinski definition) is 3. The van der Waals surface area contributed by atoms with Crippen LogP contribution in [0.25, 0.3) is 0 Å². The Balaban J connectivity index is 2.96. The quantitative estimate of drug-likeness (QED) is 0.488. The standard InChI is InChI=1S/C6H11FOS2/c1-8-6(9)10-5-3-2-4-7/h2-5H2,1H3. The van der Waals surface area contributed by atoms with Gasteiger partial charge in [0.25, 0.3) is 0 Å². The number of hydrogen-bond donors (Lipinski definition) is 0. The van der Waals surface area contributed by atoms with Gasteiger partial charge in [0.15, 0.2) is 0 Å². The van der Waals surface area contributed by atoms with Gasteiger partial charge in [0.1, 0.15) is 0 Å². The zero-order valence-corrected chi connectivity index (χ0v) is 7.56. The van der Waals surface area contributed by atoms with Crippen molar-refractivity contribution in [1.29, 1.82) is 0 Å². The van der Waals surface area contributed by atoms with E-state index in [4.69, 9.17) is 17.0 Å². The molecule has 0 aromatic carbocycles. The van der Waals surface area contributed by atoms with E-state index in [9.17, 15) is 4.39 Å². The van der Waals surface area contributed by atoms with E-state index < -0.39 is 0 Å². The van der Waals surface area contributed by atoms with Gasteiger partial charge in [-0.05, 0) is 25.1 Å². The Morgan fingerprint density at radius 2 is 2.30 bits per heavy atom. The molecule has 0 aromatic heterocycles. The summed E-state index contributed by atoms with van der Waals surface area (Å²) in [5.41, 5.74) is 0. The van der Waals surface area contributed by atoms with Crippen molar-refractivity contribution in [2.75, 3.05) is 19.5 Å². The highest BCUT2D eigenvalue weighted by Gasteiger charge is 1.94. The minimum absolute atomic E-state index is 0.236. The number of unbranched alkanes of at least 4 members (excludes halogenated alkanes) is 1. The highest BCUT2D eigenvalue weighted by Crippen LogP contribution is 2.07. The summed E-state index contributed by atoms with van der Waals surface area (Å²) in [5.74, 6) is 0.858. The van der Waals surface area contributed by atoms with Crippen molar-refractivity contribution in [3.05, 3.63) is 0 Å². The molecule has 0 heterocycles. The van der Waals surface area contributed by atoms with E-state index in [-0.39, 0.29) is 6.67 Å². The first-order chi connectivity index (χ1) is 4.81. The number of methoxy groups -OCH3 is 1. The summed E-state index contributed by atoms with van der Waals surface area (Å²) in [7, 11) is 1.55. The van der Waals surface area contributed by atoms with Gasteiger partial charge in [0.2, 0.25) is 4.38 Å². The number of rotatable bonds is 4. The molecule has 60 valence electrons. The predicted octanol–water partition coefficient (Wildman–Crippen LogP) is 2.40. The Labute approximate surface area is 70.3 Å². The fourth-order valence-electron chi connectivity index (χ4n) is 0.411. The molecule has 0 unspecified atom stereocenters. The molecule has 0 aromatic rings. The maximum Gasteiger partial charge on any atom is 0.219 e. The van der Waals surface area contributed by atoms with Gasteiger partial charge in [-0.1, -0.05) is 11.8 Å². The molecular weight excluding hydrogens is 171 g/mol. The van der Waals surface area contributed by atoms with Crippen LogP contribution >= 0.6 is 24.0 Å². The van der Waals surface area contributed by atoms with Gasteiger partial charge in [-0.15, -0.1) is 0 Å². The third kappa shape index (κ3) is 6.29. The van der Waals surface area contributed by atoms with Crippen molar-refractivity contribution < 1.29 is 9.13 Å². The van der Waals surface area contributed by atoms with Crippen LogP contribution in [0.3, 0.4) is 0 Å². The summed E-state index contributed by atoms with van der Waals surface area (Å²) in [5, 5.41) is 0. The van der Waals surface area contributed by atoms with Gasteiger partial charge in [0.05, 0.1) is 13.8 Å². The lowest BCUT2D eigenvalue weighted by Gasteiger charge is -1.99. The van der Waals surface area contributed by atoms with Crippen LogP contribution in [0.1, 0.15) is 12.8 Å². The highest BCUT2D eigenvalue weighted by atomic mass is 32.2. The van der Waals surface area contributed by atoms with E-state index in [2.05, 4.69) is 0 Å². The Hall–Kier alpha value is 0.170. The summed E-state index contributed by atoms with van der Waals surface area (Å²) < 4.78 is 16.8. The van der Waals surface area contributed by atoms with Crippen LogP contribution in [0.15, 0.2) is 0 Å². The Bertz CT molecular complexity index is 97.7. The molecule has 4 heteroatoms. The molecule has 0 saturated heterocycles. The molecular formula is C6H11FOS2. The third-order valence-electron chi connectivity index (χ3n) is 0.915.